The van der Waals surface area contributed by atoms with Crippen LogP contribution in [0.3, 0.4) is 0 Å². The maximum Gasteiger partial charge on any atom is 0.0696 e. The van der Waals surface area contributed by atoms with Gasteiger partial charge in [0, 0.05) is 11.9 Å². The lowest BCUT2D eigenvalue weighted by atomic mass is 10.1. The van der Waals surface area contributed by atoms with E-state index in [9.17, 15) is 0 Å². The van der Waals surface area contributed by atoms with Crippen molar-refractivity contribution in [3.8, 4) is 0 Å². The highest BCUT2D eigenvalue weighted by atomic mass is 15.3. The number of hydrogen-bond donors (Lipinski definition) is 2. The number of benzene rings is 1. The van der Waals surface area contributed by atoms with E-state index < -0.39 is 0 Å². The molecule has 0 fully saturated rings. The minimum absolute atomic E-state index is 0.889. The molecule has 1 aromatic heterocycles. The Kier molecular flexibility index (Phi) is 1.55. The van der Waals surface area contributed by atoms with Crippen molar-refractivity contribution in [2.24, 2.45) is 0 Å². The zero-order valence-electron chi connectivity index (χ0n) is 7.96. The molecule has 1 aromatic carbocycles. The first-order valence-electron chi connectivity index (χ1n) is 4.95. The Balaban J connectivity index is 2.41. The van der Waals surface area contributed by atoms with Gasteiger partial charge < -0.3 is 11.2 Å². The summed E-state index contributed by atoms with van der Waals surface area (Å²) in [5.74, 6) is 6.04. The number of aromatic nitrogens is 1. The van der Waals surface area contributed by atoms with E-state index in [1.807, 2.05) is 10.7 Å². The Morgan fingerprint density at radius 2 is 2.14 bits per heavy atom. The molecule has 0 saturated heterocycles. The summed E-state index contributed by atoms with van der Waals surface area (Å²) in [6.07, 6.45) is 1.08. The fraction of sp³-hybridized carbons (Fsp3) is 0.273. The van der Waals surface area contributed by atoms with Crippen molar-refractivity contribution in [3.63, 3.8) is 0 Å². The predicted octanol–water partition coefficient (Wildman–Crippen LogP) is 1.00. The highest BCUT2D eigenvalue weighted by molar-refractivity contribution is 5.85. The summed E-state index contributed by atoms with van der Waals surface area (Å²) in [5, 5.41) is 4.65. The van der Waals surface area contributed by atoms with Crippen LogP contribution in [0.2, 0.25) is 0 Å². The van der Waals surface area contributed by atoms with E-state index in [-0.39, 0.29) is 0 Å². The fourth-order valence-corrected chi connectivity index (χ4v) is 2.28. The van der Waals surface area contributed by atoms with Crippen molar-refractivity contribution < 1.29 is 0 Å². The average molecular weight is 187 g/mol. The zero-order chi connectivity index (χ0) is 9.54. The van der Waals surface area contributed by atoms with E-state index >= 15 is 0 Å². The Morgan fingerprint density at radius 1 is 1.29 bits per heavy atom. The van der Waals surface area contributed by atoms with Crippen LogP contribution in [-0.4, -0.2) is 11.2 Å². The SMILES string of the molecule is Nn1c2c(c3ccccc31)CCNC2. The lowest BCUT2D eigenvalue weighted by molar-refractivity contribution is 0.621. The number of para-hydroxylation sites is 1. The van der Waals surface area contributed by atoms with Gasteiger partial charge in [-0.25, -0.2) is 0 Å². The monoisotopic (exact) mass is 187 g/mol. The predicted molar refractivity (Wildman–Crippen MR) is 57.5 cm³/mol. The van der Waals surface area contributed by atoms with Gasteiger partial charge in [0.1, 0.15) is 0 Å². The molecule has 0 aliphatic carbocycles. The maximum absolute atomic E-state index is 6.04. The number of nitrogens with two attached hydrogens (primary N) is 1. The second-order valence-corrected chi connectivity index (χ2v) is 3.74. The summed E-state index contributed by atoms with van der Waals surface area (Å²) in [5.41, 5.74) is 3.79. The van der Waals surface area contributed by atoms with Gasteiger partial charge in [0.25, 0.3) is 0 Å². The molecule has 0 radical (unpaired) electrons. The van der Waals surface area contributed by atoms with Crippen LogP contribution < -0.4 is 11.2 Å². The van der Waals surface area contributed by atoms with Gasteiger partial charge >= 0.3 is 0 Å². The first-order valence-corrected chi connectivity index (χ1v) is 4.95. The van der Waals surface area contributed by atoms with Crippen LogP contribution in [0.4, 0.5) is 0 Å². The normalized spacial score (nSPS) is 15.7. The smallest absolute Gasteiger partial charge is 0.0696 e. The first-order chi connectivity index (χ1) is 6.88. The average Bonchev–Trinajstić information content (AvgIpc) is 2.55. The zero-order valence-corrected chi connectivity index (χ0v) is 7.96. The third kappa shape index (κ3) is 0.902. The van der Waals surface area contributed by atoms with E-state index in [4.69, 9.17) is 5.84 Å². The van der Waals surface area contributed by atoms with Crippen molar-refractivity contribution >= 4 is 10.9 Å². The van der Waals surface area contributed by atoms with Gasteiger partial charge in [-0.2, -0.15) is 0 Å². The van der Waals surface area contributed by atoms with Crippen molar-refractivity contribution in [1.29, 1.82) is 0 Å². The molecule has 3 nitrogen and oxygen atoms in total. The van der Waals surface area contributed by atoms with Gasteiger partial charge in [-0.3, -0.25) is 4.68 Å². The molecular formula is C11H13N3. The van der Waals surface area contributed by atoms with E-state index in [2.05, 4.69) is 23.5 Å². The third-order valence-corrected chi connectivity index (χ3v) is 2.97. The Labute approximate surface area is 82.5 Å². The van der Waals surface area contributed by atoms with Crippen molar-refractivity contribution in [2.45, 2.75) is 13.0 Å². The number of nitrogen functional groups attached to an aromatic ring is 1. The number of fused-ring (bicyclic) bond motifs is 3. The molecule has 3 heteroatoms. The highest BCUT2D eigenvalue weighted by Gasteiger charge is 2.17. The number of nitrogens with one attached hydrogen (secondary N) is 1. The van der Waals surface area contributed by atoms with Gasteiger partial charge in [0.05, 0.1) is 11.2 Å². The summed E-state index contributed by atoms with van der Waals surface area (Å²) >= 11 is 0. The summed E-state index contributed by atoms with van der Waals surface area (Å²) in [4.78, 5) is 0. The largest absolute Gasteiger partial charge is 0.339 e. The first kappa shape index (κ1) is 7.88. The molecule has 2 heterocycles. The fourth-order valence-electron chi connectivity index (χ4n) is 2.28. The number of rotatable bonds is 0. The van der Waals surface area contributed by atoms with Gasteiger partial charge in [-0.15, -0.1) is 0 Å². The van der Waals surface area contributed by atoms with Gasteiger partial charge in [0.15, 0.2) is 0 Å². The molecule has 0 bridgehead atoms. The molecular weight excluding hydrogens is 174 g/mol. The highest BCUT2D eigenvalue weighted by Crippen LogP contribution is 2.26. The van der Waals surface area contributed by atoms with Gasteiger partial charge in [-0.1, -0.05) is 18.2 Å². The van der Waals surface area contributed by atoms with Gasteiger partial charge in [-0.05, 0) is 24.6 Å². The van der Waals surface area contributed by atoms with Crippen molar-refractivity contribution in [1.82, 2.24) is 9.99 Å². The summed E-state index contributed by atoms with van der Waals surface area (Å²) in [6.45, 7) is 1.95. The Morgan fingerprint density at radius 3 is 3.07 bits per heavy atom. The third-order valence-electron chi connectivity index (χ3n) is 2.97. The van der Waals surface area contributed by atoms with Crippen LogP contribution in [0.25, 0.3) is 10.9 Å². The molecule has 14 heavy (non-hydrogen) atoms. The maximum atomic E-state index is 6.04. The lowest BCUT2D eigenvalue weighted by Crippen LogP contribution is -2.27. The molecule has 2 aromatic rings. The molecule has 72 valence electrons. The van der Waals surface area contributed by atoms with Crippen LogP contribution in [0, 0.1) is 0 Å². The Bertz CT molecular complexity index is 484. The molecule has 0 unspecified atom stereocenters. The molecule has 0 amide bonds. The summed E-state index contributed by atoms with van der Waals surface area (Å²) in [6, 6.07) is 8.34. The molecule has 0 spiro atoms. The van der Waals surface area contributed by atoms with Crippen LogP contribution in [0.5, 0.6) is 0 Å². The number of nitrogens with zero attached hydrogens (tertiary/aromatic N) is 1. The summed E-state index contributed by atoms with van der Waals surface area (Å²) in [7, 11) is 0. The standard InChI is InChI=1S/C11H13N3/c12-14-10-4-2-1-3-8(10)9-5-6-13-7-11(9)14/h1-4,13H,5-7,12H2. The van der Waals surface area contributed by atoms with Crippen molar-refractivity contribution in [3.05, 3.63) is 35.5 Å². The van der Waals surface area contributed by atoms with Crippen LogP contribution in [-0.2, 0) is 13.0 Å². The molecule has 1 aliphatic heterocycles. The summed E-state index contributed by atoms with van der Waals surface area (Å²) < 4.78 is 1.82. The molecule has 0 saturated carbocycles. The second-order valence-electron chi connectivity index (χ2n) is 3.74. The molecule has 3 rings (SSSR count). The van der Waals surface area contributed by atoms with E-state index in [0.29, 0.717) is 0 Å². The Hall–Kier alpha value is -1.48. The minimum Gasteiger partial charge on any atom is -0.339 e. The quantitative estimate of drug-likeness (QED) is 0.604. The van der Waals surface area contributed by atoms with Crippen molar-refractivity contribution in [2.75, 3.05) is 12.4 Å². The molecule has 0 atom stereocenters. The van der Waals surface area contributed by atoms with E-state index in [1.165, 1.54) is 16.6 Å². The van der Waals surface area contributed by atoms with E-state index in [1.54, 1.807) is 0 Å². The molecule has 1 aliphatic rings. The second kappa shape index (κ2) is 2.75. The van der Waals surface area contributed by atoms with E-state index in [0.717, 1.165) is 25.0 Å². The van der Waals surface area contributed by atoms with Crippen LogP contribution in [0.1, 0.15) is 11.3 Å². The lowest BCUT2D eigenvalue weighted by Gasteiger charge is -2.14. The van der Waals surface area contributed by atoms with Crippen LogP contribution >= 0.6 is 0 Å². The topological polar surface area (TPSA) is 43.0 Å². The minimum atomic E-state index is 0.889. The molecule has 3 N–H and O–H groups in total. The van der Waals surface area contributed by atoms with Gasteiger partial charge in [0.2, 0.25) is 0 Å². The van der Waals surface area contributed by atoms with Crippen LogP contribution in [0.15, 0.2) is 24.3 Å². The number of hydrogen-bond acceptors (Lipinski definition) is 2.